The van der Waals surface area contributed by atoms with Crippen molar-refractivity contribution in [1.29, 1.82) is 0 Å². The van der Waals surface area contributed by atoms with Crippen LogP contribution in [0.2, 0.25) is 0 Å². The largest absolute Gasteiger partial charge is 0.444 e. The van der Waals surface area contributed by atoms with Crippen molar-refractivity contribution in [3.63, 3.8) is 0 Å². The zero-order valence-electron chi connectivity index (χ0n) is 18.5. The van der Waals surface area contributed by atoms with Gasteiger partial charge in [0.2, 0.25) is 5.91 Å². The topological polar surface area (TPSA) is 80.3 Å². The number of rotatable bonds is 4. The number of aromatic nitrogens is 1. The summed E-state index contributed by atoms with van der Waals surface area (Å²) in [7, 11) is 0. The van der Waals surface area contributed by atoms with Gasteiger partial charge in [-0.2, -0.15) is 0 Å². The minimum Gasteiger partial charge on any atom is -0.444 e. The van der Waals surface area contributed by atoms with E-state index in [4.69, 9.17) is 4.74 Å². The molecule has 6 nitrogen and oxygen atoms in total. The molecule has 2 aliphatic carbocycles. The molecule has 4 rings (SSSR count). The van der Waals surface area contributed by atoms with Gasteiger partial charge in [-0.1, -0.05) is 24.6 Å². The molecule has 0 radical (unpaired) electrons. The Morgan fingerprint density at radius 1 is 1.03 bits per heavy atom. The van der Waals surface area contributed by atoms with Crippen molar-refractivity contribution in [2.24, 2.45) is 5.92 Å². The maximum absolute atomic E-state index is 12.3. The van der Waals surface area contributed by atoms with E-state index in [1.807, 2.05) is 32.9 Å². The quantitative estimate of drug-likeness (QED) is 0.649. The summed E-state index contributed by atoms with van der Waals surface area (Å²) in [5, 5.41) is 5.98. The number of carbonyl (C=O) groups is 2. The van der Waals surface area contributed by atoms with Crippen molar-refractivity contribution < 1.29 is 14.3 Å². The molecule has 0 bridgehead atoms. The van der Waals surface area contributed by atoms with Gasteiger partial charge in [0, 0.05) is 12.1 Å². The second kappa shape index (κ2) is 8.69. The van der Waals surface area contributed by atoms with Gasteiger partial charge in [-0.3, -0.25) is 4.79 Å². The first-order chi connectivity index (χ1) is 14.8. The fraction of sp³-hybridized carbons (Fsp3) is 0.480. The first-order valence-electron chi connectivity index (χ1n) is 11.2. The number of alkyl carbamates (subject to hydrolysis) is 1. The summed E-state index contributed by atoms with van der Waals surface area (Å²) in [6, 6.07) is 10.2. The Bertz CT molecular complexity index is 976. The number of amides is 2. The fourth-order valence-corrected chi connectivity index (χ4v) is 4.01. The average Bonchev–Trinajstić information content (AvgIpc) is 3.55. The third kappa shape index (κ3) is 5.63. The van der Waals surface area contributed by atoms with E-state index >= 15 is 0 Å². The molecule has 0 aliphatic heterocycles. The van der Waals surface area contributed by atoms with E-state index in [1.165, 1.54) is 5.56 Å². The molecule has 1 aromatic heterocycles. The van der Waals surface area contributed by atoms with Gasteiger partial charge in [-0.25, -0.2) is 9.78 Å². The van der Waals surface area contributed by atoms with Crippen molar-refractivity contribution in [2.75, 3.05) is 5.32 Å². The third-order valence-electron chi connectivity index (χ3n) is 5.69. The first kappa shape index (κ1) is 21.3. The number of hydrogen-bond acceptors (Lipinski definition) is 4. The molecule has 2 N–H and O–H groups in total. The molecule has 2 amide bonds. The van der Waals surface area contributed by atoms with Crippen molar-refractivity contribution >= 4 is 17.8 Å². The van der Waals surface area contributed by atoms with Crippen LogP contribution in [-0.2, 0) is 16.0 Å². The minimum atomic E-state index is -0.518. The Hall–Kier alpha value is -2.89. The Kier molecular flexibility index (Phi) is 5.99. The average molecular weight is 422 g/mol. The highest BCUT2D eigenvalue weighted by molar-refractivity contribution is 5.93. The van der Waals surface area contributed by atoms with Gasteiger partial charge < -0.3 is 15.4 Å². The van der Waals surface area contributed by atoms with Gasteiger partial charge in [-0.05, 0) is 87.3 Å². The summed E-state index contributed by atoms with van der Waals surface area (Å²) in [5.41, 5.74) is 3.99. The molecular weight excluding hydrogens is 390 g/mol. The summed E-state index contributed by atoms with van der Waals surface area (Å²) in [4.78, 5) is 28.7. The van der Waals surface area contributed by atoms with E-state index in [0.717, 1.165) is 55.2 Å². The monoisotopic (exact) mass is 421 g/mol. The summed E-state index contributed by atoms with van der Waals surface area (Å²) in [5.74, 6) is 0.795. The number of anilines is 1. The molecule has 2 aliphatic rings. The molecule has 0 saturated heterocycles. The number of benzene rings is 1. The van der Waals surface area contributed by atoms with Gasteiger partial charge in [-0.15, -0.1) is 0 Å². The molecule has 1 atom stereocenters. The number of hydrogen-bond donors (Lipinski definition) is 2. The predicted molar refractivity (Wildman–Crippen MR) is 121 cm³/mol. The van der Waals surface area contributed by atoms with Crippen LogP contribution in [0.5, 0.6) is 0 Å². The molecule has 0 unspecified atom stereocenters. The Balaban J connectivity index is 1.54. The lowest BCUT2D eigenvalue weighted by molar-refractivity contribution is -0.117. The van der Waals surface area contributed by atoms with E-state index in [1.54, 1.807) is 6.20 Å². The molecular formula is C25H31N3O3. The van der Waals surface area contributed by atoms with Crippen LogP contribution in [0.25, 0.3) is 11.1 Å². The van der Waals surface area contributed by atoms with Crippen LogP contribution < -0.4 is 10.6 Å². The van der Waals surface area contributed by atoms with Gasteiger partial charge in [0.05, 0.1) is 6.04 Å². The van der Waals surface area contributed by atoms with Crippen LogP contribution in [0.15, 0.2) is 36.5 Å². The predicted octanol–water partition coefficient (Wildman–Crippen LogP) is 5.39. The number of pyridine rings is 1. The molecule has 31 heavy (non-hydrogen) atoms. The maximum atomic E-state index is 12.3. The summed E-state index contributed by atoms with van der Waals surface area (Å²) in [6.45, 7) is 5.61. The third-order valence-corrected chi connectivity index (χ3v) is 5.69. The highest BCUT2D eigenvalue weighted by Crippen LogP contribution is 2.33. The van der Waals surface area contributed by atoms with E-state index in [2.05, 4.69) is 33.8 Å². The molecule has 1 heterocycles. The fourth-order valence-electron chi connectivity index (χ4n) is 4.01. The van der Waals surface area contributed by atoms with Crippen LogP contribution in [0.1, 0.15) is 70.0 Å². The van der Waals surface area contributed by atoms with Crippen LogP contribution in [0, 0.1) is 5.92 Å². The van der Waals surface area contributed by atoms with Crippen LogP contribution in [0.3, 0.4) is 0 Å². The number of nitrogens with one attached hydrogen (secondary N) is 2. The Labute approximate surface area is 183 Å². The smallest absolute Gasteiger partial charge is 0.408 e. The lowest BCUT2D eigenvalue weighted by Crippen LogP contribution is -2.35. The standard InChI is InChI=1S/C25H31N3O3/c1-25(2,3)31-24(30)27-21-7-5-4-6-19-14-17(10-11-20(19)21)18-12-13-26-22(15-18)28-23(29)16-8-9-16/h10-16,21H,4-9H2,1-3H3,(H,27,30)(H,26,28,29)/t21-/m1/s1. The van der Waals surface area contributed by atoms with Crippen molar-refractivity contribution in [2.45, 2.75) is 70.9 Å². The molecule has 1 saturated carbocycles. The van der Waals surface area contributed by atoms with Crippen LogP contribution in [-0.4, -0.2) is 22.6 Å². The van der Waals surface area contributed by atoms with Gasteiger partial charge in [0.1, 0.15) is 11.4 Å². The summed E-state index contributed by atoms with van der Waals surface area (Å²) < 4.78 is 5.46. The van der Waals surface area contributed by atoms with E-state index < -0.39 is 5.60 Å². The lowest BCUT2D eigenvalue weighted by Gasteiger charge is -2.24. The SMILES string of the molecule is CC(C)(C)OC(=O)N[C@@H]1CCCCc2cc(-c3ccnc(NC(=O)C4CC4)c3)ccc21. The van der Waals surface area contributed by atoms with Gasteiger partial charge in [0.25, 0.3) is 0 Å². The number of aryl methyl sites for hydroxylation is 1. The second-order valence-electron chi connectivity index (χ2n) is 9.55. The zero-order valence-corrected chi connectivity index (χ0v) is 18.5. The molecule has 164 valence electrons. The van der Waals surface area contributed by atoms with E-state index in [0.29, 0.717) is 5.82 Å². The molecule has 0 spiro atoms. The normalized spacial score (nSPS) is 18.5. The summed E-state index contributed by atoms with van der Waals surface area (Å²) in [6.07, 6.45) is 7.31. The van der Waals surface area contributed by atoms with Crippen molar-refractivity contribution in [3.05, 3.63) is 47.7 Å². The number of ether oxygens (including phenoxy) is 1. The molecule has 1 fully saturated rings. The van der Waals surface area contributed by atoms with Gasteiger partial charge in [0.15, 0.2) is 0 Å². The maximum Gasteiger partial charge on any atom is 0.408 e. The number of nitrogens with zero attached hydrogens (tertiary/aromatic N) is 1. The Morgan fingerprint density at radius 3 is 2.55 bits per heavy atom. The summed E-state index contributed by atoms with van der Waals surface area (Å²) >= 11 is 0. The molecule has 2 aromatic rings. The Morgan fingerprint density at radius 2 is 1.81 bits per heavy atom. The number of carbonyl (C=O) groups excluding carboxylic acids is 2. The highest BCUT2D eigenvalue weighted by Gasteiger charge is 2.30. The van der Waals surface area contributed by atoms with Crippen molar-refractivity contribution in [3.8, 4) is 11.1 Å². The minimum absolute atomic E-state index is 0.0489. The van der Waals surface area contributed by atoms with Crippen molar-refractivity contribution in [1.82, 2.24) is 10.3 Å². The molecule has 1 aromatic carbocycles. The first-order valence-corrected chi connectivity index (χ1v) is 11.2. The van der Waals surface area contributed by atoms with Gasteiger partial charge >= 0.3 is 6.09 Å². The molecule has 6 heteroatoms. The van der Waals surface area contributed by atoms with Crippen LogP contribution >= 0.6 is 0 Å². The zero-order chi connectivity index (χ0) is 22.0. The highest BCUT2D eigenvalue weighted by atomic mass is 16.6. The van der Waals surface area contributed by atoms with Crippen LogP contribution in [0.4, 0.5) is 10.6 Å². The van der Waals surface area contributed by atoms with E-state index in [9.17, 15) is 9.59 Å². The lowest BCUT2D eigenvalue weighted by atomic mass is 9.94. The number of fused-ring (bicyclic) bond motifs is 1. The second-order valence-corrected chi connectivity index (χ2v) is 9.55. The van der Waals surface area contributed by atoms with E-state index in [-0.39, 0.29) is 24.0 Å².